The van der Waals surface area contributed by atoms with Gasteiger partial charge in [0.1, 0.15) is 21.9 Å². The second kappa shape index (κ2) is 9.66. The van der Waals surface area contributed by atoms with Crippen LogP contribution in [0.15, 0.2) is 45.5 Å². The zero-order valence-corrected chi connectivity index (χ0v) is 21.2. The SMILES string of the molecule is CCCOc1ncc(-c2nc(-c3ccc4oc(C5(NC(=O)O)COC(C)(C)OC5)cc4c3)no2)cc1Cl. The third kappa shape index (κ3) is 5.10. The first-order valence-corrected chi connectivity index (χ1v) is 12.0. The summed E-state index contributed by atoms with van der Waals surface area (Å²) in [6.07, 6.45) is 1.18. The van der Waals surface area contributed by atoms with Gasteiger partial charge in [0.05, 0.1) is 25.4 Å². The van der Waals surface area contributed by atoms with E-state index in [9.17, 15) is 9.90 Å². The molecule has 12 heteroatoms. The molecule has 194 valence electrons. The Kier molecular flexibility index (Phi) is 6.52. The van der Waals surface area contributed by atoms with Crippen LogP contribution < -0.4 is 10.1 Å². The molecule has 2 N–H and O–H groups in total. The number of rotatable bonds is 7. The predicted octanol–water partition coefficient (Wildman–Crippen LogP) is 5.23. The molecule has 0 saturated carbocycles. The van der Waals surface area contributed by atoms with Crippen LogP contribution in [0.2, 0.25) is 5.02 Å². The van der Waals surface area contributed by atoms with Gasteiger partial charge in [0.15, 0.2) is 5.79 Å². The van der Waals surface area contributed by atoms with Crippen molar-refractivity contribution in [2.45, 2.75) is 38.5 Å². The van der Waals surface area contributed by atoms with E-state index in [0.29, 0.717) is 45.8 Å². The molecular weight excluding hydrogens is 504 g/mol. The Hall–Kier alpha value is -3.67. The minimum absolute atomic E-state index is 0.0477. The predicted molar refractivity (Wildman–Crippen MR) is 132 cm³/mol. The number of benzene rings is 1. The maximum atomic E-state index is 11.6. The van der Waals surface area contributed by atoms with Gasteiger partial charge in [-0.2, -0.15) is 4.98 Å². The maximum Gasteiger partial charge on any atom is 0.405 e. The third-order valence-corrected chi connectivity index (χ3v) is 6.12. The van der Waals surface area contributed by atoms with Crippen LogP contribution in [-0.2, 0) is 15.0 Å². The van der Waals surface area contributed by atoms with Crippen molar-refractivity contribution < 1.29 is 33.1 Å². The van der Waals surface area contributed by atoms with Gasteiger partial charge in [-0.1, -0.05) is 23.7 Å². The molecule has 1 fully saturated rings. The largest absolute Gasteiger partial charge is 0.477 e. The van der Waals surface area contributed by atoms with Gasteiger partial charge in [-0.05, 0) is 50.6 Å². The van der Waals surface area contributed by atoms with Crippen LogP contribution in [0.5, 0.6) is 5.88 Å². The number of carbonyl (C=O) groups is 1. The Labute approximate surface area is 216 Å². The molecule has 0 spiro atoms. The highest BCUT2D eigenvalue weighted by atomic mass is 35.5. The average molecular weight is 529 g/mol. The summed E-state index contributed by atoms with van der Waals surface area (Å²) < 4.78 is 28.4. The molecule has 0 aliphatic carbocycles. The van der Waals surface area contributed by atoms with Crippen LogP contribution in [0.1, 0.15) is 33.0 Å². The molecule has 4 aromatic rings. The zero-order chi connectivity index (χ0) is 26.2. The number of furan rings is 1. The van der Waals surface area contributed by atoms with Crippen LogP contribution in [0.4, 0.5) is 4.79 Å². The number of ether oxygens (including phenoxy) is 3. The molecule has 11 nitrogen and oxygen atoms in total. The van der Waals surface area contributed by atoms with Gasteiger partial charge in [0.2, 0.25) is 11.7 Å². The molecule has 0 unspecified atom stereocenters. The van der Waals surface area contributed by atoms with Crippen LogP contribution in [-0.4, -0.2) is 51.9 Å². The lowest BCUT2D eigenvalue weighted by atomic mass is 9.96. The molecular formula is C25H25ClN4O7. The Morgan fingerprint density at radius 2 is 1.97 bits per heavy atom. The van der Waals surface area contributed by atoms with E-state index in [2.05, 4.69) is 20.4 Å². The lowest BCUT2D eigenvalue weighted by Crippen LogP contribution is -2.58. The highest BCUT2D eigenvalue weighted by Gasteiger charge is 2.45. The van der Waals surface area contributed by atoms with E-state index >= 15 is 0 Å². The lowest BCUT2D eigenvalue weighted by Gasteiger charge is -2.41. The van der Waals surface area contributed by atoms with E-state index in [1.165, 1.54) is 0 Å². The number of pyridine rings is 1. The molecule has 1 aliphatic rings. The van der Waals surface area contributed by atoms with Gasteiger partial charge >= 0.3 is 6.09 Å². The number of amides is 1. The number of hydrogen-bond acceptors (Lipinski definition) is 9. The third-order valence-electron chi connectivity index (χ3n) is 5.85. The molecule has 0 atom stereocenters. The minimum Gasteiger partial charge on any atom is -0.477 e. The first-order valence-electron chi connectivity index (χ1n) is 11.6. The number of carboxylic acid groups (broad SMARTS) is 1. The van der Waals surface area contributed by atoms with Gasteiger partial charge in [-0.15, -0.1) is 0 Å². The van der Waals surface area contributed by atoms with E-state index in [4.69, 9.17) is 34.8 Å². The van der Waals surface area contributed by atoms with Crippen LogP contribution in [0.25, 0.3) is 33.8 Å². The van der Waals surface area contributed by atoms with Crippen LogP contribution in [0.3, 0.4) is 0 Å². The number of nitrogens with zero attached hydrogens (tertiary/aromatic N) is 3. The van der Waals surface area contributed by atoms with Crippen molar-refractivity contribution in [1.82, 2.24) is 20.4 Å². The number of hydrogen-bond donors (Lipinski definition) is 2. The summed E-state index contributed by atoms with van der Waals surface area (Å²) in [5.41, 5.74) is 0.590. The molecule has 1 aromatic carbocycles. The summed E-state index contributed by atoms with van der Waals surface area (Å²) in [5, 5.41) is 17.1. The average Bonchev–Trinajstić information content (AvgIpc) is 3.52. The van der Waals surface area contributed by atoms with E-state index in [-0.39, 0.29) is 19.1 Å². The molecule has 1 aliphatic heterocycles. The standard InChI is InChI=1S/C25H25ClN4O7/c1-4-7-33-22-17(26)9-16(11-27-22)21-28-20(30-37-21)14-5-6-18-15(8-14)10-19(36-18)25(29-23(31)32)12-34-24(2,3)35-13-25/h5-6,8-11,29H,4,7,12-13H2,1-3H3,(H,31,32). The van der Waals surface area contributed by atoms with Crippen molar-refractivity contribution in [3.63, 3.8) is 0 Å². The van der Waals surface area contributed by atoms with E-state index in [1.807, 2.05) is 13.0 Å². The number of fused-ring (bicyclic) bond motifs is 1. The second-order valence-corrected chi connectivity index (χ2v) is 9.54. The molecule has 37 heavy (non-hydrogen) atoms. The van der Waals surface area contributed by atoms with E-state index < -0.39 is 17.4 Å². The topological polar surface area (TPSA) is 142 Å². The number of halogens is 1. The number of nitrogens with one attached hydrogen (secondary N) is 1. The minimum atomic E-state index is -1.22. The van der Waals surface area contributed by atoms with Crippen molar-refractivity contribution in [2.24, 2.45) is 0 Å². The lowest BCUT2D eigenvalue weighted by molar-refractivity contribution is -0.274. The molecule has 4 heterocycles. The maximum absolute atomic E-state index is 11.6. The number of aromatic nitrogens is 3. The van der Waals surface area contributed by atoms with Gasteiger partial charge in [0, 0.05) is 17.1 Å². The Morgan fingerprint density at radius 1 is 1.19 bits per heavy atom. The van der Waals surface area contributed by atoms with Crippen LogP contribution >= 0.6 is 11.6 Å². The van der Waals surface area contributed by atoms with Gasteiger partial charge in [-0.3, -0.25) is 0 Å². The Bertz CT molecular complexity index is 1440. The van der Waals surface area contributed by atoms with Crippen LogP contribution in [0, 0.1) is 0 Å². The van der Waals surface area contributed by atoms with Crippen molar-refractivity contribution in [3.8, 4) is 28.7 Å². The Balaban J connectivity index is 1.42. The van der Waals surface area contributed by atoms with E-state index in [1.54, 1.807) is 44.3 Å². The highest BCUT2D eigenvalue weighted by molar-refractivity contribution is 6.32. The monoisotopic (exact) mass is 528 g/mol. The zero-order valence-electron chi connectivity index (χ0n) is 20.4. The van der Waals surface area contributed by atoms with Crippen molar-refractivity contribution in [3.05, 3.63) is 47.3 Å². The fourth-order valence-electron chi connectivity index (χ4n) is 3.88. The van der Waals surface area contributed by atoms with Crippen molar-refractivity contribution in [2.75, 3.05) is 19.8 Å². The molecule has 3 aromatic heterocycles. The highest BCUT2D eigenvalue weighted by Crippen LogP contribution is 2.36. The summed E-state index contributed by atoms with van der Waals surface area (Å²) in [6, 6.07) is 8.77. The Morgan fingerprint density at radius 3 is 2.68 bits per heavy atom. The van der Waals surface area contributed by atoms with Crippen molar-refractivity contribution >= 4 is 28.7 Å². The van der Waals surface area contributed by atoms with Crippen molar-refractivity contribution in [1.29, 1.82) is 0 Å². The van der Waals surface area contributed by atoms with Gasteiger partial charge in [0.25, 0.3) is 5.89 Å². The summed E-state index contributed by atoms with van der Waals surface area (Å²) in [4.78, 5) is 20.3. The molecule has 0 bridgehead atoms. The summed E-state index contributed by atoms with van der Waals surface area (Å²) in [6.45, 7) is 6.13. The van der Waals surface area contributed by atoms with Gasteiger partial charge < -0.3 is 33.6 Å². The fourth-order valence-corrected chi connectivity index (χ4v) is 4.10. The molecule has 5 rings (SSSR count). The quantitative estimate of drug-likeness (QED) is 0.327. The van der Waals surface area contributed by atoms with Gasteiger partial charge in [-0.25, -0.2) is 9.78 Å². The first-order chi connectivity index (χ1) is 17.7. The summed E-state index contributed by atoms with van der Waals surface area (Å²) >= 11 is 6.28. The summed E-state index contributed by atoms with van der Waals surface area (Å²) in [7, 11) is 0. The normalized spacial score (nSPS) is 16.5. The van der Waals surface area contributed by atoms with E-state index in [0.717, 1.165) is 11.8 Å². The molecule has 0 radical (unpaired) electrons. The smallest absolute Gasteiger partial charge is 0.405 e. The molecule has 1 saturated heterocycles. The summed E-state index contributed by atoms with van der Waals surface area (Å²) in [5.74, 6) is 0.495. The fraction of sp³-hybridized carbons (Fsp3) is 0.360. The second-order valence-electron chi connectivity index (χ2n) is 9.14. The molecule has 1 amide bonds. The first kappa shape index (κ1) is 25.0.